The van der Waals surface area contributed by atoms with Gasteiger partial charge < -0.3 is 24.5 Å². The van der Waals surface area contributed by atoms with Gasteiger partial charge in [-0.1, -0.05) is 13.0 Å². The molecule has 0 aromatic heterocycles. The number of aliphatic hydroxyl groups is 1. The third kappa shape index (κ3) is 5.50. The number of benzene rings is 1. The van der Waals surface area contributed by atoms with Crippen molar-refractivity contribution in [2.45, 2.75) is 44.9 Å². The fourth-order valence-corrected chi connectivity index (χ4v) is 4.63. The molecule has 1 aliphatic carbocycles. The molecule has 10 heteroatoms. The maximum Gasteiger partial charge on any atom is 0.244 e. The Morgan fingerprint density at radius 1 is 1.33 bits per heavy atom. The Balaban J connectivity index is 1.80. The Kier molecular flexibility index (Phi) is 8.17. The van der Waals surface area contributed by atoms with Crippen LogP contribution in [0.4, 0.5) is 8.78 Å². The van der Waals surface area contributed by atoms with Gasteiger partial charge in [-0.05, 0) is 41.7 Å². The predicted molar refractivity (Wildman–Crippen MR) is 127 cm³/mol. The lowest BCUT2D eigenvalue weighted by Crippen LogP contribution is -2.59. The van der Waals surface area contributed by atoms with Gasteiger partial charge in [-0.2, -0.15) is 5.01 Å². The predicted octanol–water partition coefficient (Wildman–Crippen LogP) is 3.12. The van der Waals surface area contributed by atoms with E-state index in [0.29, 0.717) is 30.9 Å². The van der Waals surface area contributed by atoms with Gasteiger partial charge in [0.2, 0.25) is 5.91 Å². The number of hydrogen-bond donors (Lipinski definition) is 1. The van der Waals surface area contributed by atoms with Crippen LogP contribution in [0.3, 0.4) is 0 Å². The largest absolute Gasteiger partial charge is 0.489 e. The second kappa shape index (κ2) is 11.3. The van der Waals surface area contributed by atoms with Crippen molar-refractivity contribution in [3.63, 3.8) is 0 Å². The molecule has 2 aliphatic heterocycles. The smallest absolute Gasteiger partial charge is 0.244 e. The first-order valence-corrected chi connectivity index (χ1v) is 12.0. The number of aliphatic hydroxyl groups excluding tert-OH is 1. The fraction of sp³-hybridized carbons (Fsp3) is 0.462. The Morgan fingerprint density at radius 3 is 2.89 bits per heavy atom. The molecule has 4 rings (SSSR count). The molecular formula is C26H31F2N3O5. The average Bonchev–Trinajstić information content (AvgIpc) is 3.02. The monoisotopic (exact) mass is 503 g/mol. The van der Waals surface area contributed by atoms with Gasteiger partial charge in [-0.3, -0.25) is 9.59 Å². The van der Waals surface area contributed by atoms with Crippen molar-refractivity contribution in [3.8, 4) is 0 Å². The van der Waals surface area contributed by atoms with Crippen LogP contribution in [0.1, 0.15) is 43.4 Å². The summed E-state index contributed by atoms with van der Waals surface area (Å²) < 4.78 is 39.8. The number of carbonyl (C=O) groups excluding carboxylic acids is 2. The summed E-state index contributed by atoms with van der Waals surface area (Å²) in [5, 5.41) is 13.4. The summed E-state index contributed by atoms with van der Waals surface area (Å²) in [6.45, 7) is 2.56. The lowest BCUT2D eigenvalue weighted by atomic mass is 9.89. The molecular weight excluding hydrogens is 472 g/mol. The van der Waals surface area contributed by atoms with Crippen molar-refractivity contribution in [3.05, 3.63) is 70.7 Å². The molecule has 2 atom stereocenters. The van der Waals surface area contributed by atoms with E-state index in [1.807, 2.05) is 5.01 Å². The minimum absolute atomic E-state index is 0.0788. The third-order valence-electron chi connectivity index (χ3n) is 6.64. The summed E-state index contributed by atoms with van der Waals surface area (Å²) in [6.07, 6.45) is 3.73. The van der Waals surface area contributed by atoms with Crippen LogP contribution >= 0.6 is 0 Å². The SMILES string of the molecule is CCC(O)C(=O)/C=C\N1CC(=O)N(CCOC)CN1C1C2=C(C=C(F)CC2)OCc2ccc(F)cc21. The highest BCUT2D eigenvalue weighted by Crippen LogP contribution is 2.43. The van der Waals surface area contributed by atoms with Gasteiger partial charge >= 0.3 is 0 Å². The Hall–Kier alpha value is -3.08. The van der Waals surface area contributed by atoms with Gasteiger partial charge in [-0.15, -0.1) is 0 Å². The number of hydrogen-bond acceptors (Lipinski definition) is 7. The first kappa shape index (κ1) is 26.0. The van der Waals surface area contributed by atoms with Crippen molar-refractivity contribution < 1.29 is 33.0 Å². The lowest BCUT2D eigenvalue weighted by Gasteiger charge is -2.47. The fourth-order valence-electron chi connectivity index (χ4n) is 4.63. The summed E-state index contributed by atoms with van der Waals surface area (Å²) in [7, 11) is 1.55. The van der Waals surface area contributed by atoms with Crippen LogP contribution in [0.25, 0.3) is 0 Å². The number of halogens is 2. The van der Waals surface area contributed by atoms with Gasteiger partial charge in [0.25, 0.3) is 0 Å². The first-order chi connectivity index (χ1) is 17.3. The molecule has 0 bridgehead atoms. The molecule has 2 heterocycles. The molecule has 1 saturated heterocycles. The molecule has 36 heavy (non-hydrogen) atoms. The maximum absolute atomic E-state index is 14.5. The van der Waals surface area contributed by atoms with E-state index in [1.165, 1.54) is 30.5 Å². The molecule has 0 saturated carbocycles. The van der Waals surface area contributed by atoms with Crippen LogP contribution in [0.5, 0.6) is 0 Å². The minimum Gasteiger partial charge on any atom is -0.489 e. The van der Waals surface area contributed by atoms with E-state index in [4.69, 9.17) is 9.47 Å². The molecule has 2 unspecified atom stereocenters. The topological polar surface area (TPSA) is 82.5 Å². The van der Waals surface area contributed by atoms with Crippen LogP contribution in [0.2, 0.25) is 0 Å². The van der Waals surface area contributed by atoms with Gasteiger partial charge in [0.1, 0.15) is 36.7 Å². The number of nitrogens with zero attached hydrogens (tertiary/aromatic N) is 3. The van der Waals surface area contributed by atoms with Gasteiger partial charge in [0.05, 0.1) is 19.3 Å². The van der Waals surface area contributed by atoms with Gasteiger partial charge in [0, 0.05) is 38.4 Å². The molecule has 0 radical (unpaired) electrons. The van der Waals surface area contributed by atoms with Gasteiger partial charge in [0.15, 0.2) is 5.78 Å². The normalized spacial score (nSPS) is 21.6. The molecule has 0 spiro atoms. The summed E-state index contributed by atoms with van der Waals surface area (Å²) in [5.74, 6) is -0.985. The van der Waals surface area contributed by atoms with Crippen molar-refractivity contribution in [1.29, 1.82) is 0 Å². The molecule has 1 fully saturated rings. The molecule has 8 nitrogen and oxygen atoms in total. The van der Waals surface area contributed by atoms with E-state index >= 15 is 0 Å². The minimum atomic E-state index is -1.14. The van der Waals surface area contributed by atoms with E-state index < -0.39 is 23.7 Å². The van der Waals surface area contributed by atoms with Crippen LogP contribution in [-0.4, -0.2) is 71.3 Å². The second-order valence-electron chi connectivity index (χ2n) is 8.99. The Labute approximate surface area is 209 Å². The van der Waals surface area contributed by atoms with E-state index in [2.05, 4.69) is 0 Å². The number of ether oxygens (including phenoxy) is 2. The standard InChI is InChI=1S/C26H31F2N3O5/c1-3-22(32)23(33)8-9-30-14-25(34)29(10-11-35-2)16-31(30)26-20-7-6-19(28)13-24(20)36-15-17-4-5-18(27)12-21(17)26/h4-5,8-9,12-13,22,26,32H,3,6-7,10-11,14-16H2,1-2H3/b9-8-. The van der Waals surface area contributed by atoms with Crippen molar-refractivity contribution in [2.75, 3.05) is 33.5 Å². The zero-order valence-electron chi connectivity index (χ0n) is 20.5. The van der Waals surface area contributed by atoms with Crippen LogP contribution in [-0.2, 0) is 25.7 Å². The number of carbonyl (C=O) groups is 2. The third-order valence-corrected chi connectivity index (χ3v) is 6.64. The number of ketones is 1. The van der Waals surface area contributed by atoms with E-state index in [0.717, 1.165) is 11.1 Å². The van der Waals surface area contributed by atoms with Crippen LogP contribution in [0.15, 0.2) is 53.7 Å². The maximum atomic E-state index is 14.5. The molecule has 1 N–H and O–H groups in total. The van der Waals surface area contributed by atoms with Crippen molar-refractivity contribution >= 4 is 11.7 Å². The van der Waals surface area contributed by atoms with E-state index in [9.17, 15) is 23.5 Å². The summed E-state index contributed by atoms with van der Waals surface area (Å²) >= 11 is 0. The lowest BCUT2D eigenvalue weighted by molar-refractivity contribution is -0.159. The van der Waals surface area contributed by atoms with E-state index in [-0.39, 0.29) is 44.4 Å². The number of allylic oxidation sites excluding steroid dienone is 2. The Bertz CT molecular complexity index is 1100. The van der Waals surface area contributed by atoms with Gasteiger partial charge in [-0.25, -0.2) is 8.78 Å². The quantitative estimate of drug-likeness (QED) is 0.546. The number of methoxy groups -OCH3 is 1. The molecule has 3 aliphatic rings. The van der Waals surface area contributed by atoms with Crippen molar-refractivity contribution in [1.82, 2.24) is 14.9 Å². The van der Waals surface area contributed by atoms with Crippen molar-refractivity contribution in [2.24, 2.45) is 0 Å². The molecule has 194 valence electrons. The first-order valence-electron chi connectivity index (χ1n) is 12.0. The van der Waals surface area contributed by atoms with Crippen LogP contribution < -0.4 is 0 Å². The number of amides is 1. The highest BCUT2D eigenvalue weighted by atomic mass is 19.1. The second-order valence-corrected chi connectivity index (χ2v) is 8.99. The summed E-state index contributed by atoms with van der Waals surface area (Å²) in [4.78, 5) is 26.9. The summed E-state index contributed by atoms with van der Waals surface area (Å²) in [6, 6.07) is 3.87. The summed E-state index contributed by atoms with van der Waals surface area (Å²) in [5.41, 5.74) is 2.15. The number of fused-ring (bicyclic) bond motifs is 1. The van der Waals surface area contributed by atoms with E-state index in [1.54, 1.807) is 30.0 Å². The highest BCUT2D eigenvalue weighted by molar-refractivity contribution is 5.93. The molecule has 1 aromatic carbocycles. The number of rotatable bonds is 8. The Morgan fingerprint density at radius 2 is 2.14 bits per heavy atom. The van der Waals surface area contributed by atoms with Crippen LogP contribution in [0, 0.1) is 5.82 Å². The zero-order chi connectivity index (χ0) is 25.8. The highest BCUT2D eigenvalue weighted by Gasteiger charge is 2.39. The number of hydrazine groups is 1. The molecule has 1 aromatic rings. The zero-order valence-corrected chi connectivity index (χ0v) is 20.5. The molecule has 1 amide bonds. The average molecular weight is 504 g/mol.